The van der Waals surface area contributed by atoms with Gasteiger partial charge in [-0.05, 0) is 6.07 Å². The van der Waals surface area contributed by atoms with E-state index in [1.54, 1.807) is 0 Å². The number of amides is 1. The summed E-state index contributed by atoms with van der Waals surface area (Å²) < 4.78 is 2.03. The number of carbonyl (C=O) groups excluding carboxylic acids is 1. The average Bonchev–Trinajstić information content (AvgIpc) is 3.23. The monoisotopic (exact) mass is 370 g/mol. The average molecular weight is 370 g/mol. The van der Waals surface area contributed by atoms with E-state index in [4.69, 9.17) is 0 Å². The fourth-order valence-electron chi connectivity index (χ4n) is 3.44. The number of hydrogen-bond acceptors (Lipinski definition) is 4. The summed E-state index contributed by atoms with van der Waals surface area (Å²) >= 11 is 1.44. The van der Waals surface area contributed by atoms with Gasteiger partial charge in [0.25, 0.3) is 0 Å². The lowest BCUT2D eigenvalue weighted by molar-refractivity contribution is -0.150. The van der Waals surface area contributed by atoms with Gasteiger partial charge in [-0.1, -0.05) is 18.2 Å². The normalized spacial score (nSPS) is 16.7. The number of rotatable bonds is 4. The largest absolute Gasteiger partial charge is 0.479 e. The molecule has 3 aromatic rings. The van der Waals surface area contributed by atoms with E-state index >= 15 is 0 Å². The fraction of sp³-hybridized carbons (Fsp3) is 0.278. The van der Waals surface area contributed by atoms with Crippen LogP contribution in [0.4, 0.5) is 0 Å². The van der Waals surface area contributed by atoms with E-state index in [-0.39, 0.29) is 11.7 Å². The molecule has 1 atom stereocenters. The van der Waals surface area contributed by atoms with Crippen molar-refractivity contribution in [2.24, 2.45) is 7.05 Å². The predicted molar refractivity (Wildman–Crippen MR) is 98.0 cm³/mol. The number of carbonyl (C=O) groups is 2. The van der Waals surface area contributed by atoms with Crippen LogP contribution in [0.2, 0.25) is 0 Å². The highest BCUT2D eigenvalue weighted by Crippen LogP contribution is 2.32. The van der Waals surface area contributed by atoms with Crippen molar-refractivity contribution >= 4 is 34.5 Å². The maximum absolute atomic E-state index is 12.8. The molecule has 0 saturated carbocycles. The number of aromatic nitrogens is 3. The summed E-state index contributed by atoms with van der Waals surface area (Å²) in [6.45, 7) is 0.376. The molecule has 1 unspecified atom stereocenters. The topological polar surface area (TPSA) is 91.2 Å². The molecule has 0 bridgehead atoms. The number of nitrogens with zero attached hydrogens (tertiary/aromatic N) is 3. The molecular formula is C18H18N4O3S. The third kappa shape index (κ3) is 2.76. The zero-order chi connectivity index (χ0) is 18.3. The van der Waals surface area contributed by atoms with Gasteiger partial charge < -0.3 is 19.6 Å². The van der Waals surface area contributed by atoms with Gasteiger partial charge in [0.1, 0.15) is 0 Å². The van der Waals surface area contributed by atoms with Crippen molar-refractivity contribution in [2.45, 2.75) is 17.4 Å². The molecule has 7 nitrogen and oxygen atoms in total. The molecule has 0 spiro atoms. The summed E-state index contributed by atoms with van der Waals surface area (Å²) in [6.07, 6.45) is 4.07. The number of para-hydroxylation sites is 1. The summed E-state index contributed by atoms with van der Waals surface area (Å²) in [5, 5.41) is 10.7. The molecule has 1 aliphatic rings. The molecule has 8 heteroatoms. The summed E-state index contributed by atoms with van der Waals surface area (Å²) in [7, 11) is 1.97. The van der Waals surface area contributed by atoms with Crippen LogP contribution in [0.3, 0.4) is 0 Å². The lowest BCUT2D eigenvalue weighted by atomic mass is 10.0. The van der Waals surface area contributed by atoms with Gasteiger partial charge in [-0.3, -0.25) is 4.79 Å². The number of aromatic amines is 1. The number of fused-ring (bicyclic) bond motifs is 2. The summed E-state index contributed by atoms with van der Waals surface area (Å²) in [6, 6.07) is 6.99. The lowest BCUT2D eigenvalue weighted by Crippen LogP contribution is -2.44. The Morgan fingerprint density at radius 2 is 2.19 bits per heavy atom. The summed E-state index contributed by atoms with van der Waals surface area (Å²) in [4.78, 5) is 34.0. The first-order valence-electron chi connectivity index (χ1n) is 8.27. The molecule has 0 fully saturated rings. The van der Waals surface area contributed by atoms with Crippen molar-refractivity contribution in [3.63, 3.8) is 0 Å². The Morgan fingerprint density at radius 3 is 3.00 bits per heavy atom. The molecule has 0 aliphatic carbocycles. The van der Waals surface area contributed by atoms with Crippen LogP contribution in [0.5, 0.6) is 0 Å². The Hall–Kier alpha value is -2.74. The zero-order valence-electron chi connectivity index (χ0n) is 14.2. The van der Waals surface area contributed by atoms with Crippen molar-refractivity contribution in [3.8, 4) is 0 Å². The zero-order valence-corrected chi connectivity index (χ0v) is 15.0. The summed E-state index contributed by atoms with van der Waals surface area (Å²) in [5.74, 6) is -1.05. The van der Waals surface area contributed by atoms with Crippen molar-refractivity contribution in [1.82, 2.24) is 19.4 Å². The number of aryl methyl sites for hydroxylation is 1. The lowest BCUT2D eigenvalue weighted by Gasteiger charge is -2.32. The van der Waals surface area contributed by atoms with Crippen LogP contribution in [0.25, 0.3) is 10.9 Å². The first-order chi connectivity index (χ1) is 12.6. The van der Waals surface area contributed by atoms with Crippen LogP contribution in [0, 0.1) is 0 Å². The van der Waals surface area contributed by atoms with Gasteiger partial charge in [-0.2, -0.15) is 0 Å². The molecule has 0 saturated heterocycles. The van der Waals surface area contributed by atoms with Crippen LogP contribution in [-0.4, -0.2) is 48.7 Å². The Labute approximate surface area is 154 Å². The van der Waals surface area contributed by atoms with Crippen LogP contribution in [0.15, 0.2) is 41.7 Å². The highest BCUT2D eigenvalue weighted by Gasteiger charge is 2.37. The second-order valence-corrected chi connectivity index (χ2v) is 7.27. The number of carboxylic acids is 1. The maximum atomic E-state index is 12.8. The van der Waals surface area contributed by atoms with E-state index < -0.39 is 12.0 Å². The number of nitrogens with one attached hydrogen (secondary N) is 1. The van der Waals surface area contributed by atoms with Gasteiger partial charge in [0, 0.05) is 47.7 Å². The minimum absolute atomic E-state index is 0.191. The number of H-pyrrole nitrogens is 1. The van der Waals surface area contributed by atoms with Crippen LogP contribution in [0.1, 0.15) is 17.4 Å². The second kappa shape index (κ2) is 6.53. The first kappa shape index (κ1) is 16.7. The molecule has 1 amide bonds. The number of imidazole rings is 1. The highest BCUT2D eigenvalue weighted by atomic mass is 32.2. The second-order valence-electron chi connectivity index (χ2n) is 6.25. The van der Waals surface area contributed by atoms with Gasteiger partial charge >= 0.3 is 5.97 Å². The standard InChI is InChI=1S/C18H18N4O3S/c1-21-8-14(11-4-2-3-5-13(11)21)26-9-15(23)22-7-6-12-16(20-10-19-12)17(22)18(24)25/h2-5,8,10,17H,6-7,9H2,1H3,(H,19,20)(H,24,25). The number of carboxylic acid groups (broad SMARTS) is 1. The van der Waals surface area contributed by atoms with Crippen molar-refractivity contribution in [3.05, 3.63) is 48.2 Å². The van der Waals surface area contributed by atoms with Crippen LogP contribution < -0.4 is 0 Å². The van der Waals surface area contributed by atoms with Crippen molar-refractivity contribution in [1.29, 1.82) is 0 Å². The van der Waals surface area contributed by atoms with Gasteiger partial charge in [0.2, 0.25) is 5.91 Å². The maximum Gasteiger partial charge on any atom is 0.332 e. The van der Waals surface area contributed by atoms with E-state index in [0.29, 0.717) is 18.7 Å². The molecule has 2 aromatic heterocycles. The van der Waals surface area contributed by atoms with Gasteiger partial charge in [-0.25, -0.2) is 9.78 Å². The van der Waals surface area contributed by atoms with Gasteiger partial charge in [0.15, 0.2) is 6.04 Å². The third-order valence-electron chi connectivity index (χ3n) is 4.69. The van der Waals surface area contributed by atoms with Gasteiger partial charge in [-0.15, -0.1) is 11.8 Å². The number of benzene rings is 1. The van der Waals surface area contributed by atoms with E-state index in [2.05, 4.69) is 9.97 Å². The summed E-state index contributed by atoms with van der Waals surface area (Å²) in [5.41, 5.74) is 2.33. The quantitative estimate of drug-likeness (QED) is 0.687. The Kier molecular flexibility index (Phi) is 4.20. The number of aliphatic carboxylic acids is 1. The molecular weight excluding hydrogens is 352 g/mol. The Morgan fingerprint density at radius 1 is 1.38 bits per heavy atom. The SMILES string of the molecule is Cn1cc(SCC(=O)N2CCc3[nH]cnc3C2C(=O)O)c2ccccc21. The minimum Gasteiger partial charge on any atom is -0.479 e. The third-order valence-corrected chi connectivity index (χ3v) is 5.72. The van der Waals surface area contributed by atoms with E-state index in [1.807, 2.05) is 42.1 Å². The van der Waals surface area contributed by atoms with E-state index in [9.17, 15) is 14.7 Å². The highest BCUT2D eigenvalue weighted by molar-refractivity contribution is 8.00. The molecule has 1 aliphatic heterocycles. The van der Waals surface area contributed by atoms with E-state index in [1.165, 1.54) is 23.0 Å². The van der Waals surface area contributed by atoms with Crippen LogP contribution in [-0.2, 0) is 23.1 Å². The predicted octanol–water partition coefficient (Wildman–Crippen LogP) is 2.20. The molecule has 4 rings (SSSR count). The molecule has 26 heavy (non-hydrogen) atoms. The number of thioether (sulfide) groups is 1. The molecule has 2 N–H and O–H groups in total. The van der Waals surface area contributed by atoms with Crippen molar-refractivity contribution in [2.75, 3.05) is 12.3 Å². The molecule has 3 heterocycles. The Bertz CT molecular complexity index is 993. The van der Waals surface area contributed by atoms with E-state index in [0.717, 1.165) is 21.5 Å². The molecule has 134 valence electrons. The van der Waals surface area contributed by atoms with Crippen LogP contribution >= 0.6 is 11.8 Å². The first-order valence-corrected chi connectivity index (χ1v) is 9.26. The minimum atomic E-state index is -1.05. The van der Waals surface area contributed by atoms with Gasteiger partial charge in [0.05, 0.1) is 17.8 Å². The van der Waals surface area contributed by atoms with Crippen molar-refractivity contribution < 1.29 is 14.7 Å². The Balaban J connectivity index is 1.54. The molecule has 0 radical (unpaired) electrons. The molecule has 1 aromatic carbocycles. The fourth-order valence-corrected chi connectivity index (χ4v) is 4.44. The number of hydrogen-bond donors (Lipinski definition) is 2. The smallest absolute Gasteiger partial charge is 0.332 e.